The Morgan fingerprint density at radius 2 is 1.70 bits per heavy atom. The summed E-state index contributed by atoms with van der Waals surface area (Å²) in [7, 11) is 1.67. The van der Waals surface area contributed by atoms with E-state index >= 15 is 0 Å². The summed E-state index contributed by atoms with van der Waals surface area (Å²) < 4.78 is 0. The summed E-state index contributed by atoms with van der Waals surface area (Å²) in [6.07, 6.45) is 1.48. The lowest BCUT2D eigenvalue weighted by molar-refractivity contribution is -0.136. The van der Waals surface area contributed by atoms with Crippen LogP contribution in [0.5, 0.6) is 0 Å². The van der Waals surface area contributed by atoms with Crippen molar-refractivity contribution < 1.29 is 9.59 Å². The summed E-state index contributed by atoms with van der Waals surface area (Å²) in [5.74, 6) is -0.598. The van der Waals surface area contributed by atoms with Crippen LogP contribution in [0.2, 0.25) is 0 Å². The van der Waals surface area contributed by atoms with Crippen LogP contribution in [0.25, 0.3) is 0 Å². The van der Waals surface area contributed by atoms with Gasteiger partial charge in [-0.05, 0) is 11.0 Å². The second-order valence-corrected chi connectivity index (χ2v) is 6.26. The van der Waals surface area contributed by atoms with Gasteiger partial charge in [-0.2, -0.15) is 0 Å². The second-order valence-electron chi connectivity index (χ2n) is 6.26. The average Bonchev–Trinajstić information content (AvgIpc) is 2.36. The molecule has 0 heterocycles. The summed E-state index contributed by atoms with van der Waals surface area (Å²) >= 11 is 0. The van der Waals surface area contributed by atoms with Gasteiger partial charge in [0.1, 0.15) is 17.5 Å². The normalized spacial score (nSPS) is 20.2. The molecule has 1 aromatic rings. The predicted molar refractivity (Wildman–Crippen MR) is 80.0 cm³/mol. The number of hydrogen-bond acceptors (Lipinski definition) is 3. The van der Waals surface area contributed by atoms with Gasteiger partial charge < -0.3 is 0 Å². The van der Waals surface area contributed by atoms with Crippen molar-refractivity contribution in [1.82, 2.24) is 0 Å². The fourth-order valence-electron chi connectivity index (χ4n) is 2.88. The lowest BCUT2D eigenvalue weighted by Crippen LogP contribution is -2.42. The van der Waals surface area contributed by atoms with Crippen molar-refractivity contribution in [1.29, 1.82) is 0 Å². The van der Waals surface area contributed by atoms with E-state index in [2.05, 4.69) is 4.99 Å². The Bertz CT molecular complexity index is 523. The summed E-state index contributed by atoms with van der Waals surface area (Å²) in [5, 5.41) is 0. The molecule has 1 fully saturated rings. The smallest absolute Gasteiger partial charge is 0.149 e. The van der Waals surface area contributed by atoms with Crippen LogP contribution in [-0.2, 0) is 16.0 Å². The first-order chi connectivity index (χ1) is 9.43. The summed E-state index contributed by atoms with van der Waals surface area (Å²) in [4.78, 5) is 28.8. The quantitative estimate of drug-likeness (QED) is 0.627. The maximum absolute atomic E-state index is 12.3. The molecule has 3 heteroatoms. The van der Waals surface area contributed by atoms with Crippen LogP contribution in [-0.4, -0.2) is 24.3 Å². The van der Waals surface area contributed by atoms with Crippen molar-refractivity contribution in [3.63, 3.8) is 0 Å². The summed E-state index contributed by atoms with van der Waals surface area (Å²) in [5.41, 5.74) is 1.57. The molecule has 0 amide bonds. The van der Waals surface area contributed by atoms with Gasteiger partial charge >= 0.3 is 0 Å². The molecule has 0 spiro atoms. The number of benzene rings is 1. The van der Waals surface area contributed by atoms with E-state index in [1.807, 2.05) is 44.2 Å². The minimum Gasteiger partial charge on any atom is -0.298 e. The summed E-state index contributed by atoms with van der Waals surface area (Å²) in [6.45, 7) is 3.94. The van der Waals surface area contributed by atoms with E-state index in [9.17, 15) is 9.59 Å². The number of nitrogens with zero attached hydrogens (tertiary/aromatic N) is 1. The molecule has 2 rings (SSSR count). The first-order valence-corrected chi connectivity index (χ1v) is 6.98. The van der Waals surface area contributed by atoms with Gasteiger partial charge in [0.05, 0.1) is 0 Å². The number of Topliss-reactive ketones (excluding diaryl/α,β-unsaturated/α-hetero) is 2. The minimum atomic E-state index is -0.631. The molecule has 1 saturated carbocycles. The Morgan fingerprint density at radius 3 is 2.20 bits per heavy atom. The Kier molecular flexibility index (Phi) is 4.17. The predicted octanol–water partition coefficient (Wildman–Crippen LogP) is 2.87. The lowest BCUT2D eigenvalue weighted by atomic mass is 9.69. The molecule has 0 N–H and O–H groups in total. The highest BCUT2D eigenvalue weighted by Crippen LogP contribution is 2.34. The minimum absolute atomic E-state index is 0.0165. The lowest BCUT2D eigenvalue weighted by Gasteiger charge is -2.32. The van der Waals surface area contributed by atoms with Crippen LogP contribution in [0.3, 0.4) is 0 Å². The Balaban J connectivity index is 2.20. The van der Waals surface area contributed by atoms with Crippen molar-refractivity contribution in [2.24, 2.45) is 16.3 Å². The van der Waals surface area contributed by atoms with Gasteiger partial charge in [0.15, 0.2) is 0 Å². The van der Waals surface area contributed by atoms with Crippen LogP contribution < -0.4 is 0 Å². The molecule has 1 aliphatic rings. The molecule has 20 heavy (non-hydrogen) atoms. The van der Waals surface area contributed by atoms with Gasteiger partial charge in [-0.3, -0.25) is 14.6 Å². The van der Waals surface area contributed by atoms with Crippen LogP contribution >= 0.6 is 0 Å². The molecule has 1 aliphatic carbocycles. The number of rotatable bonds is 3. The van der Waals surface area contributed by atoms with Crippen molar-refractivity contribution in [2.45, 2.75) is 33.1 Å². The highest BCUT2D eigenvalue weighted by atomic mass is 16.2. The van der Waals surface area contributed by atoms with Gasteiger partial charge in [0, 0.05) is 32.0 Å². The zero-order valence-electron chi connectivity index (χ0n) is 12.3. The molecular weight excluding hydrogens is 250 g/mol. The monoisotopic (exact) mass is 271 g/mol. The van der Waals surface area contributed by atoms with Crippen molar-refractivity contribution >= 4 is 17.3 Å². The standard InChI is InChI=1S/C17H21NO2/c1-17(2)10-14(19)16(15(20)11-17)13(18-3)9-12-7-5-4-6-8-12/h4-8,16H,9-11H2,1-3H3. The van der Waals surface area contributed by atoms with E-state index in [-0.39, 0.29) is 17.0 Å². The molecule has 3 nitrogen and oxygen atoms in total. The second kappa shape index (κ2) is 5.70. The van der Waals surface area contributed by atoms with E-state index in [1.54, 1.807) is 7.05 Å². The maximum atomic E-state index is 12.3. The third-order valence-corrected chi connectivity index (χ3v) is 3.80. The topological polar surface area (TPSA) is 46.5 Å². The Morgan fingerprint density at radius 1 is 1.15 bits per heavy atom. The van der Waals surface area contributed by atoms with Gasteiger partial charge in [-0.1, -0.05) is 44.2 Å². The van der Waals surface area contributed by atoms with Crippen LogP contribution in [0.15, 0.2) is 35.3 Å². The molecular formula is C17H21NO2. The van der Waals surface area contributed by atoms with E-state index in [0.29, 0.717) is 25.0 Å². The highest BCUT2D eigenvalue weighted by molar-refractivity contribution is 6.22. The molecule has 0 atom stereocenters. The third kappa shape index (κ3) is 3.21. The Hall–Kier alpha value is -1.77. The van der Waals surface area contributed by atoms with E-state index < -0.39 is 5.92 Å². The third-order valence-electron chi connectivity index (χ3n) is 3.80. The maximum Gasteiger partial charge on any atom is 0.149 e. The number of hydrogen-bond donors (Lipinski definition) is 0. The Labute approximate surface area is 120 Å². The number of aliphatic imine (C=N–C) groups is 1. The number of carbonyl (C=O) groups is 2. The van der Waals surface area contributed by atoms with Crippen LogP contribution in [0, 0.1) is 11.3 Å². The molecule has 0 bridgehead atoms. The number of carbonyl (C=O) groups excluding carboxylic acids is 2. The number of ketones is 2. The van der Waals surface area contributed by atoms with E-state index in [0.717, 1.165) is 5.56 Å². The largest absolute Gasteiger partial charge is 0.298 e. The molecule has 0 aromatic heterocycles. The molecule has 0 saturated heterocycles. The first-order valence-electron chi connectivity index (χ1n) is 6.98. The zero-order valence-corrected chi connectivity index (χ0v) is 12.3. The molecule has 0 aliphatic heterocycles. The molecule has 106 valence electrons. The molecule has 0 unspecified atom stereocenters. The van der Waals surface area contributed by atoms with Gasteiger partial charge in [-0.25, -0.2) is 0 Å². The van der Waals surface area contributed by atoms with Crippen LogP contribution in [0.4, 0.5) is 0 Å². The average molecular weight is 271 g/mol. The van der Waals surface area contributed by atoms with Crippen molar-refractivity contribution in [3.8, 4) is 0 Å². The highest BCUT2D eigenvalue weighted by Gasteiger charge is 2.41. The fourth-order valence-corrected chi connectivity index (χ4v) is 2.88. The zero-order chi connectivity index (χ0) is 14.8. The van der Waals surface area contributed by atoms with E-state index in [1.165, 1.54) is 0 Å². The van der Waals surface area contributed by atoms with Gasteiger partial charge in [-0.15, -0.1) is 0 Å². The van der Waals surface area contributed by atoms with Crippen molar-refractivity contribution in [2.75, 3.05) is 7.05 Å². The summed E-state index contributed by atoms with van der Waals surface area (Å²) in [6, 6.07) is 9.85. The van der Waals surface area contributed by atoms with Crippen LogP contribution in [0.1, 0.15) is 32.3 Å². The molecule has 0 radical (unpaired) electrons. The van der Waals surface area contributed by atoms with Crippen molar-refractivity contribution in [3.05, 3.63) is 35.9 Å². The van der Waals surface area contributed by atoms with E-state index in [4.69, 9.17) is 0 Å². The SMILES string of the molecule is CN=C(Cc1ccccc1)C1C(=O)CC(C)(C)CC1=O. The van der Waals surface area contributed by atoms with Gasteiger partial charge in [0.25, 0.3) is 0 Å². The first kappa shape index (κ1) is 14.6. The molecule has 1 aromatic carbocycles. The fraction of sp³-hybridized carbons (Fsp3) is 0.471. The van der Waals surface area contributed by atoms with Gasteiger partial charge in [0.2, 0.25) is 0 Å².